The average molecular weight is 448 g/mol. The zero-order chi connectivity index (χ0) is 22.2. The Morgan fingerprint density at radius 3 is 2.41 bits per heavy atom. The van der Waals surface area contributed by atoms with Crippen molar-refractivity contribution in [3.05, 3.63) is 101 Å². The van der Waals surface area contributed by atoms with Crippen LogP contribution in [0.3, 0.4) is 0 Å². The highest BCUT2D eigenvalue weighted by Gasteiger charge is 2.32. The van der Waals surface area contributed by atoms with E-state index in [9.17, 15) is 4.79 Å². The summed E-state index contributed by atoms with van der Waals surface area (Å²) in [5.41, 5.74) is 3.22. The molecule has 1 atom stereocenters. The second kappa shape index (κ2) is 11.3. The van der Waals surface area contributed by atoms with Gasteiger partial charge in [-0.05, 0) is 74.2 Å². The van der Waals surface area contributed by atoms with Gasteiger partial charge in [0.1, 0.15) is 0 Å². The number of hydrogen-bond donors (Lipinski definition) is 1. The van der Waals surface area contributed by atoms with E-state index in [4.69, 9.17) is 11.6 Å². The minimum atomic E-state index is -0.230. The standard InChI is InChI=1S/C27H30ClN3O/c28-24-13-11-22(12-14-24)26(25-10-4-5-17-30-25)31(27(32)23-15-18-29-19-16-23)20-6-9-21-7-2-1-3-8-21/h1-5,7-8,10-14,17,23,26,29H,6,9,15-16,18-20H2/t26-/m0/s1. The van der Waals surface area contributed by atoms with Crippen molar-refractivity contribution >= 4 is 17.5 Å². The summed E-state index contributed by atoms with van der Waals surface area (Å²) in [6.07, 6.45) is 5.40. The number of aromatic nitrogens is 1. The fourth-order valence-electron chi connectivity index (χ4n) is 4.46. The zero-order valence-corrected chi connectivity index (χ0v) is 19.0. The molecule has 1 fully saturated rings. The molecule has 0 bridgehead atoms. The molecule has 0 radical (unpaired) electrons. The lowest BCUT2D eigenvalue weighted by Gasteiger charge is -2.36. The summed E-state index contributed by atoms with van der Waals surface area (Å²) < 4.78 is 0. The Morgan fingerprint density at radius 2 is 1.72 bits per heavy atom. The van der Waals surface area contributed by atoms with Crippen LogP contribution < -0.4 is 5.32 Å². The van der Waals surface area contributed by atoms with Crippen LogP contribution >= 0.6 is 11.6 Å². The van der Waals surface area contributed by atoms with E-state index in [1.807, 2.05) is 48.5 Å². The van der Waals surface area contributed by atoms with Gasteiger partial charge in [0.05, 0.1) is 11.7 Å². The summed E-state index contributed by atoms with van der Waals surface area (Å²) in [5.74, 6) is 0.275. The number of amides is 1. The van der Waals surface area contributed by atoms with E-state index in [2.05, 4.69) is 39.5 Å². The number of nitrogens with one attached hydrogen (secondary N) is 1. The molecule has 3 aromatic rings. The smallest absolute Gasteiger partial charge is 0.226 e. The van der Waals surface area contributed by atoms with Crippen LogP contribution in [0.2, 0.25) is 5.02 Å². The van der Waals surface area contributed by atoms with Crippen LogP contribution in [0.5, 0.6) is 0 Å². The first-order valence-electron chi connectivity index (χ1n) is 11.4. The van der Waals surface area contributed by atoms with Crippen molar-refractivity contribution in [1.82, 2.24) is 15.2 Å². The van der Waals surface area contributed by atoms with Gasteiger partial charge in [-0.1, -0.05) is 60.1 Å². The molecule has 1 aliphatic heterocycles. The Kier molecular flexibility index (Phi) is 7.92. The van der Waals surface area contributed by atoms with E-state index >= 15 is 0 Å². The van der Waals surface area contributed by atoms with Crippen molar-refractivity contribution in [3.63, 3.8) is 0 Å². The van der Waals surface area contributed by atoms with Crippen molar-refractivity contribution < 1.29 is 4.79 Å². The molecule has 0 spiro atoms. The molecule has 1 N–H and O–H groups in total. The third-order valence-corrected chi connectivity index (χ3v) is 6.40. The molecule has 32 heavy (non-hydrogen) atoms. The lowest BCUT2D eigenvalue weighted by atomic mass is 9.93. The highest BCUT2D eigenvalue weighted by molar-refractivity contribution is 6.30. The first-order valence-corrected chi connectivity index (χ1v) is 11.8. The lowest BCUT2D eigenvalue weighted by Crippen LogP contribution is -2.44. The molecular weight excluding hydrogens is 418 g/mol. The lowest BCUT2D eigenvalue weighted by molar-refractivity contribution is -0.138. The van der Waals surface area contributed by atoms with Crippen molar-refractivity contribution in [3.8, 4) is 0 Å². The molecule has 2 heterocycles. The summed E-state index contributed by atoms with van der Waals surface area (Å²) in [5, 5.41) is 4.06. The van der Waals surface area contributed by atoms with Gasteiger partial charge in [-0.25, -0.2) is 0 Å². The molecule has 0 saturated carbocycles. The van der Waals surface area contributed by atoms with Crippen molar-refractivity contribution in [2.45, 2.75) is 31.7 Å². The summed E-state index contributed by atoms with van der Waals surface area (Å²) in [6, 6.07) is 24.0. The molecule has 0 unspecified atom stereocenters. The number of rotatable bonds is 8. The quantitative estimate of drug-likeness (QED) is 0.510. The predicted molar refractivity (Wildman–Crippen MR) is 130 cm³/mol. The van der Waals surface area contributed by atoms with Crippen LogP contribution in [0, 0.1) is 5.92 Å². The van der Waals surface area contributed by atoms with E-state index in [0.717, 1.165) is 50.0 Å². The van der Waals surface area contributed by atoms with Crippen LogP contribution in [0.15, 0.2) is 79.0 Å². The Morgan fingerprint density at radius 1 is 1.00 bits per heavy atom. The van der Waals surface area contributed by atoms with Gasteiger partial charge in [-0.15, -0.1) is 0 Å². The Hall–Kier alpha value is -2.69. The molecule has 166 valence electrons. The van der Waals surface area contributed by atoms with E-state index < -0.39 is 0 Å². The van der Waals surface area contributed by atoms with Gasteiger partial charge >= 0.3 is 0 Å². The van der Waals surface area contributed by atoms with Crippen LogP contribution in [0.25, 0.3) is 0 Å². The molecule has 1 aromatic heterocycles. The maximum Gasteiger partial charge on any atom is 0.226 e. The number of pyridine rings is 1. The van der Waals surface area contributed by atoms with Gasteiger partial charge in [0, 0.05) is 23.7 Å². The Labute approximate surface area is 195 Å². The Bertz CT molecular complexity index is 973. The fraction of sp³-hybridized carbons (Fsp3) is 0.333. The van der Waals surface area contributed by atoms with Crippen LogP contribution in [-0.2, 0) is 11.2 Å². The van der Waals surface area contributed by atoms with Crippen molar-refractivity contribution in [2.75, 3.05) is 19.6 Å². The second-order valence-corrected chi connectivity index (χ2v) is 8.79. The topological polar surface area (TPSA) is 45.2 Å². The van der Waals surface area contributed by atoms with E-state index in [0.29, 0.717) is 11.6 Å². The van der Waals surface area contributed by atoms with Gasteiger partial charge in [-0.3, -0.25) is 9.78 Å². The highest BCUT2D eigenvalue weighted by atomic mass is 35.5. The zero-order valence-electron chi connectivity index (χ0n) is 18.3. The minimum absolute atomic E-state index is 0.0477. The maximum absolute atomic E-state index is 13.8. The van der Waals surface area contributed by atoms with Gasteiger partial charge in [0.15, 0.2) is 0 Å². The predicted octanol–water partition coefficient (Wildman–Crippen LogP) is 5.29. The summed E-state index contributed by atoms with van der Waals surface area (Å²) in [4.78, 5) is 20.6. The Balaban J connectivity index is 1.64. The number of carbonyl (C=O) groups is 1. The molecule has 5 heteroatoms. The normalized spacial score (nSPS) is 15.3. The molecular formula is C27H30ClN3O. The summed E-state index contributed by atoms with van der Waals surface area (Å²) in [6.45, 7) is 2.47. The number of nitrogens with zero attached hydrogens (tertiary/aromatic N) is 2. The number of carbonyl (C=O) groups excluding carboxylic acids is 1. The third-order valence-electron chi connectivity index (χ3n) is 6.14. The van der Waals surface area contributed by atoms with Gasteiger partial charge in [0.2, 0.25) is 5.91 Å². The number of aryl methyl sites for hydroxylation is 1. The first kappa shape index (κ1) is 22.5. The van der Waals surface area contributed by atoms with Crippen molar-refractivity contribution in [1.29, 1.82) is 0 Å². The molecule has 4 rings (SSSR count). The van der Waals surface area contributed by atoms with Crippen LogP contribution in [0.1, 0.15) is 42.1 Å². The fourth-order valence-corrected chi connectivity index (χ4v) is 4.59. The van der Waals surface area contributed by atoms with Crippen molar-refractivity contribution in [2.24, 2.45) is 5.92 Å². The number of halogens is 1. The molecule has 1 saturated heterocycles. The number of benzene rings is 2. The van der Waals surface area contributed by atoms with Crippen LogP contribution in [-0.4, -0.2) is 35.4 Å². The average Bonchev–Trinajstić information content (AvgIpc) is 2.86. The summed E-state index contributed by atoms with van der Waals surface area (Å²) >= 11 is 6.17. The molecule has 2 aromatic carbocycles. The SMILES string of the molecule is O=C(C1CCNCC1)N(CCCc1ccccc1)[C@@H](c1ccc(Cl)cc1)c1ccccn1. The summed E-state index contributed by atoms with van der Waals surface area (Å²) in [7, 11) is 0. The van der Waals surface area contributed by atoms with Gasteiger partial charge < -0.3 is 10.2 Å². The number of piperidine rings is 1. The minimum Gasteiger partial charge on any atom is -0.330 e. The first-order chi connectivity index (χ1) is 15.7. The molecule has 1 aliphatic rings. The van der Waals surface area contributed by atoms with Gasteiger partial charge in [-0.2, -0.15) is 0 Å². The molecule has 4 nitrogen and oxygen atoms in total. The van der Waals surface area contributed by atoms with E-state index in [1.54, 1.807) is 6.20 Å². The largest absolute Gasteiger partial charge is 0.330 e. The van der Waals surface area contributed by atoms with E-state index in [1.165, 1.54) is 5.56 Å². The van der Waals surface area contributed by atoms with Crippen LogP contribution in [0.4, 0.5) is 0 Å². The monoisotopic (exact) mass is 447 g/mol. The van der Waals surface area contributed by atoms with Gasteiger partial charge in [0.25, 0.3) is 0 Å². The third kappa shape index (κ3) is 5.76. The maximum atomic E-state index is 13.8. The van der Waals surface area contributed by atoms with E-state index in [-0.39, 0.29) is 17.9 Å². The second-order valence-electron chi connectivity index (χ2n) is 8.35. The highest BCUT2D eigenvalue weighted by Crippen LogP contribution is 2.31. The number of hydrogen-bond acceptors (Lipinski definition) is 3. The molecule has 0 aliphatic carbocycles. The molecule has 1 amide bonds.